The van der Waals surface area contributed by atoms with E-state index < -0.39 is 23.5 Å². The van der Waals surface area contributed by atoms with Gasteiger partial charge in [0.25, 0.3) is 5.91 Å². The molecular weight excluding hydrogens is 444 g/mol. The standard InChI is InChI=1S/C28H22N2O5/c1-2-14-34-21-11-9-19(10-12-21)25-24(26(31)23-15-20-7-3-4-8-22(20)35-23)27(32)28(33)30(25)17-18-6-5-13-29-16-18/h2-13,15-16,25,32H,1,14,17H2. The number of ketones is 1. The van der Waals surface area contributed by atoms with Gasteiger partial charge in [-0.1, -0.05) is 49.1 Å². The summed E-state index contributed by atoms with van der Waals surface area (Å²) in [6.07, 6.45) is 4.93. The number of hydrogen-bond donors (Lipinski definition) is 1. The summed E-state index contributed by atoms with van der Waals surface area (Å²) in [4.78, 5) is 32.4. The Balaban J connectivity index is 1.56. The van der Waals surface area contributed by atoms with Gasteiger partial charge in [-0.2, -0.15) is 0 Å². The molecule has 174 valence electrons. The largest absolute Gasteiger partial charge is 0.503 e. The van der Waals surface area contributed by atoms with Crippen LogP contribution in [0.1, 0.15) is 27.7 Å². The molecule has 4 aromatic rings. The molecule has 1 aliphatic heterocycles. The Labute approximate surface area is 201 Å². The second-order valence-electron chi connectivity index (χ2n) is 8.11. The zero-order valence-electron chi connectivity index (χ0n) is 18.8. The lowest BCUT2D eigenvalue weighted by molar-refractivity contribution is -0.130. The molecule has 0 spiro atoms. The average Bonchev–Trinajstić information content (AvgIpc) is 3.43. The molecule has 2 aromatic carbocycles. The molecule has 0 fully saturated rings. The maximum atomic E-state index is 13.6. The van der Waals surface area contributed by atoms with Crippen LogP contribution in [-0.4, -0.2) is 33.3 Å². The maximum absolute atomic E-state index is 13.6. The summed E-state index contributed by atoms with van der Waals surface area (Å²) in [5.41, 5.74) is 1.93. The van der Waals surface area contributed by atoms with Gasteiger partial charge in [0, 0.05) is 24.3 Å². The predicted octanol–water partition coefficient (Wildman–Crippen LogP) is 5.17. The van der Waals surface area contributed by atoms with E-state index in [1.807, 2.05) is 24.3 Å². The number of amides is 1. The second-order valence-corrected chi connectivity index (χ2v) is 8.11. The van der Waals surface area contributed by atoms with Crippen molar-refractivity contribution in [3.8, 4) is 5.75 Å². The molecule has 0 aliphatic carbocycles. The zero-order valence-corrected chi connectivity index (χ0v) is 18.8. The van der Waals surface area contributed by atoms with Crippen molar-refractivity contribution in [2.45, 2.75) is 12.6 Å². The molecule has 5 rings (SSSR count). The van der Waals surface area contributed by atoms with Crippen LogP contribution in [0.2, 0.25) is 0 Å². The average molecular weight is 466 g/mol. The van der Waals surface area contributed by atoms with Gasteiger partial charge in [0.1, 0.15) is 17.9 Å². The van der Waals surface area contributed by atoms with Crippen LogP contribution in [-0.2, 0) is 11.3 Å². The quantitative estimate of drug-likeness (QED) is 0.284. The first-order valence-electron chi connectivity index (χ1n) is 11.1. The van der Waals surface area contributed by atoms with Crippen molar-refractivity contribution in [3.05, 3.63) is 120 Å². The number of fused-ring (bicyclic) bond motifs is 1. The van der Waals surface area contributed by atoms with E-state index >= 15 is 0 Å². The number of carbonyl (C=O) groups is 2. The Kier molecular flexibility index (Phi) is 5.89. The number of nitrogens with zero attached hydrogens (tertiary/aromatic N) is 2. The van der Waals surface area contributed by atoms with Crippen LogP contribution in [0.15, 0.2) is 108 Å². The number of aliphatic hydroxyl groups is 1. The number of pyridine rings is 1. The van der Waals surface area contributed by atoms with Gasteiger partial charge in [-0.3, -0.25) is 14.6 Å². The lowest BCUT2D eigenvalue weighted by Crippen LogP contribution is -2.30. The summed E-state index contributed by atoms with van der Waals surface area (Å²) >= 11 is 0. The van der Waals surface area contributed by atoms with Crippen LogP contribution >= 0.6 is 0 Å². The smallest absolute Gasteiger partial charge is 0.290 e. The SMILES string of the molecule is C=CCOc1ccc(C2C(C(=O)c3cc4ccccc4o3)=C(O)C(=O)N2Cc2cccnc2)cc1. The zero-order chi connectivity index (χ0) is 24.4. The van der Waals surface area contributed by atoms with Crippen molar-refractivity contribution >= 4 is 22.7 Å². The first kappa shape index (κ1) is 22.2. The molecule has 0 radical (unpaired) electrons. The minimum atomic E-state index is -0.822. The highest BCUT2D eigenvalue weighted by molar-refractivity contribution is 6.16. The summed E-state index contributed by atoms with van der Waals surface area (Å²) in [7, 11) is 0. The van der Waals surface area contributed by atoms with Crippen molar-refractivity contribution in [1.82, 2.24) is 9.88 Å². The predicted molar refractivity (Wildman–Crippen MR) is 130 cm³/mol. The molecular formula is C28H22N2O5. The number of furan rings is 1. The second kappa shape index (κ2) is 9.30. The Morgan fingerprint density at radius 1 is 1.14 bits per heavy atom. The topological polar surface area (TPSA) is 92.9 Å². The van der Waals surface area contributed by atoms with Crippen molar-refractivity contribution in [3.63, 3.8) is 0 Å². The van der Waals surface area contributed by atoms with E-state index in [9.17, 15) is 14.7 Å². The monoisotopic (exact) mass is 466 g/mol. The van der Waals surface area contributed by atoms with Gasteiger partial charge in [-0.05, 0) is 41.5 Å². The third-order valence-corrected chi connectivity index (χ3v) is 5.84. The van der Waals surface area contributed by atoms with E-state index in [4.69, 9.17) is 9.15 Å². The van der Waals surface area contributed by atoms with Gasteiger partial charge < -0.3 is 19.2 Å². The molecule has 1 amide bonds. The van der Waals surface area contributed by atoms with Crippen molar-refractivity contribution in [2.75, 3.05) is 6.61 Å². The summed E-state index contributed by atoms with van der Waals surface area (Å²) in [6.45, 7) is 4.15. The third kappa shape index (κ3) is 4.19. The van der Waals surface area contributed by atoms with Gasteiger partial charge in [-0.25, -0.2) is 0 Å². The van der Waals surface area contributed by atoms with Gasteiger partial charge in [0.05, 0.1) is 11.6 Å². The van der Waals surface area contributed by atoms with Crippen molar-refractivity contribution < 1.29 is 23.8 Å². The lowest BCUT2D eigenvalue weighted by Gasteiger charge is -2.26. The molecule has 1 atom stereocenters. The molecule has 35 heavy (non-hydrogen) atoms. The molecule has 2 aromatic heterocycles. The van der Waals surface area contributed by atoms with E-state index in [-0.39, 0.29) is 17.9 Å². The molecule has 1 unspecified atom stereocenters. The normalized spacial score (nSPS) is 15.6. The minimum Gasteiger partial charge on any atom is -0.503 e. The Morgan fingerprint density at radius 2 is 1.94 bits per heavy atom. The minimum absolute atomic E-state index is 0.0299. The van der Waals surface area contributed by atoms with Crippen LogP contribution in [0.4, 0.5) is 0 Å². The number of carbonyl (C=O) groups excluding carboxylic acids is 2. The summed E-state index contributed by atoms with van der Waals surface area (Å²) < 4.78 is 11.3. The number of Topliss-reactive ketones (excluding diaryl/α,β-unsaturated/α-hetero) is 1. The van der Waals surface area contributed by atoms with Crippen LogP contribution in [0.5, 0.6) is 5.75 Å². The fourth-order valence-corrected chi connectivity index (χ4v) is 4.21. The molecule has 1 N–H and O–H groups in total. The lowest BCUT2D eigenvalue weighted by atomic mass is 9.94. The van der Waals surface area contributed by atoms with Crippen LogP contribution in [0.3, 0.4) is 0 Å². The highest BCUT2D eigenvalue weighted by Crippen LogP contribution is 2.40. The molecule has 3 heterocycles. The van der Waals surface area contributed by atoms with Crippen LogP contribution in [0.25, 0.3) is 11.0 Å². The number of rotatable bonds is 8. The van der Waals surface area contributed by atoms with E-state index in [0.29, 0.717) is 23.5 Å². The molecule has 1 aliphatic rings. The molecule has 7 heteroatoms. The van der Waals surface area contributed by atoms with Gasteiger partial charge >= 0.3 is 0 Å². The Hall–Kier alpha value is -4.65. The Morgan fingerprint density at radius 3 is 2.66 bits per heavy atom. The Bertz CT molecular complexity index is 1400. The summed E-state index contributed by atoms with van der Waals surface area (Å²) in [5.74, 6) is -1.09. The van der Waals surface area contributed by atoms with E-state index in [0.717, 1.165) is 10.9 Å². The van der Waals surface area contributed by atoms with E-state index in [1.165, 1.54) is 4.90 Å². The number of aliphatic hydroxyl groups excluding tert-OH is 1. The van der Waals surface area contributed by atoms with Crippen molar-refractivity contribution in [2.24, 2.45) is 0 Å². The van der Waals surface area contributed by atoms with Crippen molar-refractivity contribution in [1.29, 1.82) is 0 Å². The number of ether oxygens (including phenoxy) is 1. The first-order valence-corrected chi connectivity index (χ1v) is 11.1. The summed E-state index contributed by atoms with van der Waals surface area (Å²) in [5, 5.41) is 11.6. The van der Waals surface area contributed by atoms with Gasteiger partial charge in [0.15, 0.2) is 11.5 Å². The number of aromatic nitrogens is 1. The summed E-state index contributed by atoms with van der Waals surface area (Å²) in [6, 6.07) is 18.7. The highest BCUT2D eigenvalue weighted by atomic mass is 16.5. The van der Waals surface area contributed by atoms with Crippen LogP contribution < -0.4 is 4.74 Å². The molecule has 0 saturated heterocycles. The van der Waals surface area contributed by atoms with Crippen LogP contribution in [0, 0.1) is 0 Å². The fraction of sp³-hybridized carbons (Fsp3) is 0.107. The first-order chi connectivity index (χ1) is 17.1. The molecule has 0 bridgehead atoms. The fourth-order valence-electron chi connectivity index (χ4n) is 4.21. The van der Waals surface area contributed by atoms with Gasteiger partial charge in [0.2, 0.25) is 5.78 Å². The third-order valence-electron chi connectivity index (χ3n) is 5.84. The number of hydrogen-bond acceptors (Lipinski definition) is 6. The maximum Gasteiger partial charge on any atom is 0.290 e. The number of benzene rings is 2. The molecule has 7 nitrogen and oxygen atoms in total. The highest BCUT2D eigenvalue weighted by Gasteiger charge is 2.44. The molecule has 0 saturated carbocycles. The number of para-hydroxylation sites is 1. The van der Waals surface area contributed by atoms with Gasteiger partial charge in [-0.15, -0.1) is 0 Å². The van der Waals surface area contributed by atoms with E-state index in [2.05, 4.69) is 11.6 Å². The van der Waals surface area contributed by atoms with E-state index in [1.54, 1.807) is 60.9 Å².